The predicted molar refractivity (Wildman–Crippen MR) is 208 cm³/mol. The minimum absolute atomic E-state index is 0.959. The first-order chi connectivity index (χ1) is 23.7. The first-order valence-corrected chi connectivity index (χ1v) is 16.5. The molecule has 0 radical (unpaired) electrons. The van der Waals surface area contributed by atoms with Crippen LogP contribution in [0.25, 0.3) is 88.1 Å². The summed E-state index contributed by atoms with van der Waals surface area (Å²) in [7, 11) is 0. The van der Waals surface area contributed by atoms with Gasteiger partial charge in [-0.05, 0) is 91.8 Å². The Kier molecular flexibility index (Phi) is 6.55. The molecule has 0 amide bonds. The van der Waals surface area contributed by atoms with Crippen LogP contribution in [0.3, 0.4) is 0 Å². The van der Waals surface area contributed by atoms with E-state index < -0.39 is 0 Å². The zero-order chi connectivity index (χ0) is 32.2. The van der Waals surface area contributed by atoms with Crippen molar-refractivity contribution in [3.8, 4) is 27.9 Å². The van der Waals surface area contributed by atoms with E-state index in [4.69, 9.17) is 4.99 Å². The molecule has 1 heterocycles. The van der Waals surface area contributed by atoms with Crippen molar-refractivity contribution in [2.45, 2.75) is 6.92 Å². The molecule has 9 rings (SSSR count). The minimum atomic E-state index is 0.959. The van der Waals surface area contributed by atoms with Crippen LogP contribution in [-0.4, -0.2) is 10.8 Å². The molecule has 48 heavy (non-hydrogen) atoms. The lowest BCUT2D eigenvalue weighted by atomic mass is 9.85. The van der Waals surface area contributed by atoms with Crippen LogP contribution in [0.1, 0.15) is 12.5 Å². The van der Waals surface area contributed by atoms with Crippen LogP contribution in [0.5, 0.6) is 0 Å². The molecule has 0 unspecified atom stereocenters. The largest absolute Gasteiger partial charge is 0.309 e. The molecule has 0 saturated heterocycles. The van der Waals surface area contributed by atoms with Crippen LogP contribution in [0.2, 0.25) is 0 Å². The zero-order valence-electron chi connectivity index (χ0n) is 26.7. The molecule has 8 aromatic carbocycles. The summed E-state index contributed by atoms with van der Waals surface area (Å²) in [5.41, 5.74) is 10.4. The third-order valence-electron chi connectivity index (χ3n) is 9.70. The van der Waals surface area contributed by atoms with Gasteiger partial charge in [0, 0.05) is 28.2 Å². The summed E-state index contributed by atoms with van der Waals surface area (Å²) in [6.45, 7) is 6.02. The number of para-hydroxylation sites is 1. The van der Waals surface area contributed by atoms with E-state index in [1.165, 1.54) is 60.0 Å². The number of aliphatic imine (C=N–C) groups is 1. The number of rotatable bonds is 5. The van der Waals surface area contributed by atoms with E-state index in [0.29, 0.717) is 0 Å². The minimum Gasteiger partial charge on any atom is -0.309 e. The third kappa shape index (κ3) is 4.23. The van der Waals surface area contributed by atoms with Gasteiger partial charge in [0.05, 0.1) is 16.7 Å². The number of benzene rings is 8. The predicted octanol–water partition coefficient (Wildman–Crippen LogP) is 12.9. The van der Waals surface area contributed by atoms with E-state index in [1.54, 1.807) is 0 Å². The van der Waals surface area contributed by atoms with E-state index in [0.717, 1.165) is 33.4 Å². The van der Waals surface area contributed by atoms with Gasteiger partial charge in [0.1, 0.15) is 0 Å². The van der Waals surface area contributed by atoms with Gasteiger partial charge in [0.2, 0.25) is 0 Å². The topological polar surface area (TPSA) is 17.3 Å². The molecule has 0 aliphatic carbocycles. The molecule has 0 bridgehead atoms. The lowest BCUT2D eigenvalue weighted by Crippen LogP contribution is -1.95. The second-order valence-electron chi connectivity index (χ2n) is 12.3. The van der Waals surface area contributed by atoms with Crippen LogP contribution in [0, 0.1) is 0 Å². The van der Waals surface area contributed by atoms with Crippen molar-refractivity contribution in [3.63, 3.8) is 0 Å². The van der Waals surface area contributed by atoms with Gasteiger partial charge in [-0.1, -0.05) is 134 Å². The van der Waals surface area contributed by atoms with Gasteiger partial charge < -0.3 is 4.57 Å². The number of fused-ring (bicyclic) bond motifs is 6. The molecule has 2 heteroatoms. The normalized spacial score (nSPS) is 11.9. The highest BCUT2D eigenvalue weighted by Gasteiger charge is 2.19. The monoisotopic (exact) mass is 612 g/mol. The Morgan fingerprint density at radius 2 is 1.08 bits per heavy atom. The van der Waals surface area contributed by atoms with E-state index in [1.807, 2.05) is 19.2 Å². The molecule has 226 valence electrons. The molecular weight excluding hydrogens is 581 g/mol. The van der Waals surface area contributed by atoms with Crippen molar-refractivity contribution in [1.29, 1.82) is 0 Å². The summed E-state index contributed by atoms with van der Waals surface area (Å²) in [6, 6.07) is 55.2. The molecule has 0 saturated carbocycles. The maximum absolute atomic E-state index is 4.81. The summed E-state index contributed by atoms with van der Waals surface area (Å²) >= 11 is 0. The molecule has 0 atom stereocenters. The maximum Gasteiger partial charge on any atom is 0.0797 e. The van der Waals surface area contributed by atoms with E-state index in [-0.39, 0.29) is 0 Å². The quantitative estimate of drug-likeness (QED) is 0.136. The smallest absolute Gasteiger partial charge is 0.0797 e. The molecule has 0 spiro atoms. The Morgan fingerprint density at radius 1 is 0.521 bits per heavy atom. The lowest BCUT2D eigenvalue weighted by Gasteiger charge is -2.18. The van der Waals surface area contributed by atoms with Gasteiger partial charge in [-0.3, -0.25) is 4.99 Å². The van der Waals surface area contributed by atoms with E-state index >= 15 is 0 Å². The Labute approximate surface area is 279 Å². The summed E-state index contributed by atoms with van der Waals surface area (Å²) < 4.78 is 2.36. The van der Waals surface area contributed by atoms with Crippen LogP contribution >= 0.6 is 0 Å². The Hall–Kier alpha value is -6.25. The van der Waals surface area contributed by atoms with E-state index in [9.17, 15) is 0 Å². The molecule has 1 aromatic heterocycles. The molecule has 0 aliphatic rings. The van der Waals surface area contributed by atoms with Crippen LogP contribution in [-0.2, 0) is 0 Å². The molecule has 0 N–H and O–H groups in total. The fourth-order valence-electron chi connectivity index (χ4n) is 7.64. The Balaban J connectivity index is 1.27. The maximum atomic E-state index is 4.81. The fourth-order valence-corrected chi connectivity index (χ4v) is 7.64. The average molecular weight is 613 g/mol. The third-order valence-corrected chi connectivity index (χ3v) is 9.70. The summed E-state index contributed by atoms with van der Waals surface area (Å²) in [4.78, 5) is 4.81. The van der Waals surface area contributed by atoms with Gasteiger partial charge in [0.25, 0.3) is 0 Å². The molecule has 9 aromatic rings. The highest BCUT2D eigenvalue weighted by atomic mass is 15.0. The van der Waals surface area contributed by atoms with Crippen molar-refractivity contribution >= 4 is 72.1 Å². The average Bonchev–Trinajstić information content (AvgIpc) is 3.48. The fraction of sp³-hybridized carbons (Fsp3) is 0.0217. The van der Waals surface area contributed by atoms with Crippen LogP contribution in [0.15, 0.2) is 163 Å². The highest BCUT2D eigenvalue weighted by molar-refractivity contribution is 6.22. The number of hydrogen-bond acceptors (Lipinski definition) is 1. The van der Waals surface area contributed by atoms with Crippen molar-refractivity contribution < 1.29 is 0 Å². The SMILES string of the molecule is C=Cc1ccc2c(c1N=CC)c1ccccc1n2-c1ccc(-c2c3ccccc3c(-c3ccc4ccccc4c3)c3ccccc23)cc1. The Morgan fingerprint density at radius 3 is 1.73 bits per heavy atom. The van der Waals surface area contributed by atoms with Crippen molar-refractivity contribution in [2.75, 3.05) is 0 Å². The number of hydrogen-bond donors (Lipinski definition) is 0. The van der Waals surface area contributed by atoms with E-state index in [2.05, 4.69) is 163 Å². The highest BCUT2D eigenvalue weighted by Crippen LogP contribution is 2.45. The second kappa shape index (κ2) is 11.2. The Bertz CT molecular complexity index is 2690. The molecule has 0 fully saturated rings. The van der Waals surface area contributed by atoms with Crippen molar-refractivity contribution in [3.05, 3.63) is 164 Å². The van der Waals surface area contributed by atoms with Crippen LogP contribution in [0.4, 0.5) is 5.69 Å². The standard InChI is InChI=1S/C46H32N2/c1-3-30-25-28-42-45(46(30)47-4-2)40-19-11-12-20-41(40)48(42)35-26-23-32(24-27-35)43-36-15-7-9-17-38(36)44(39-18-10-8-16-37(39)43)34-22-21-31-13-5-6-14-33(31)29-34/h3-29H,1H2,2H3. The second-order valence-corrected chi connectivity index (χ2v) is 12.3. The van der Waals surface area contributed by atoms with Gasteiger partial charge in [0.15, 0.2) is 0 Å². The van der Waals surface area contributed by atoms with Gasteiger partial charge in [-0.15, -0.1) is 0 Å². The van der Waals surface area contributed by atoms with Crippen LogP contribution < -0.4 is 0 Å². The van der Waals surface area contributed by atoms with Crippen molar-refractivity contribution in [2.24, 2.45) is 4.99 Å². The van der Waals surface area contributed by atoms with Gasteiger partial charge in [-0.2, -0.15) is 0 Å². The van der Waals surface area contributed by atoms with Gasteiger partial charge >= 0.3 is 0 Å². The molecule has 0 aliphatic heterocycles. The number of aromatic nitrogens is 1. The van der Waals surface area contributed by atoms with Gasteiger partial charge in [-0.25, -0.2) is 0 Å². The molecule has 2 nitrogen and oxygen atoms in total. The number of nitrogens with zero attached hydrogens (tertiary/aromatic N) is 2. The first-order valence-electron chi connectivity index (χ1n) is 16.5. The van der Waals surface area contributed by atoms with Crippen molar-refractivity contribution in [1.82, 2.24) is 4.57 Å². The summed E-state index contributed by atoms with van der Waals surface area (Å²) in [5.74, 6) is 0. The first kappa shape index (κ1) is 28.0. The lowest BCUT2D eigenvalue weighted by molar-refractivity contribution is 1.18. The summed E-state index contributed by atoms with van der Waals surface area (Å²) in [6.07, 6.45) is 3.76. The molecular formula is C46H32N2. The summed E-state index contributed by atoms with van der Waals surface area (Å²) in [5, 5.41) is 9.86. The zero-order valence-corrected chi connectivity index (χ0v) is 26.7.